The van der Waals surface area contributed by atoms with Gasteiger partial charge in [0.25, 0.3) is 0 Å². The molecule has 1 aliphatic rings. The van der Waals surface area contributed by atoms with Crippen molar-refractivity contribution in [2.75, 3.05) is 0 Å². The molecule has 1 aliphatic heterocycles. The van der Waals surface area contributed by atoms with Crippen LogP contribution in [0.15, 0.2) is 48.5 Å². The number of aliphatic hydroxyl groups is 1. The molecule has 0 amide bonds. The molecule has 1 heterocycles. The number of ether oxygens (including phenoxy) is 1. The van der Waals surface area contributed by atoms with E-state index < -0.39 is 5.60 Å². The highest BCUT2D eigenvalue weighted by molar-refractivity contribution is 5.59. The highest BCUT2D eigenvalue weighted by atomic mass is 16.5. The Morgan fingerprint density at radius 2 is 1.44 bits per heavy atom. The maximum atomic E-state index is 10.9. The van der Waals surface area contributed by atoms with Gasteiger partial charge in [0.2, 0.25) is 0 Å². The average molecular weight is 236 g/mol. The Bertz CT molecular complexity index is 617. The third-order valence-corrected chi connectivity index (χ3v) is 3.08. The molecule has 2 aromatic carbocycles. The van der Waals surface area contributed by atoms with Gasteiger partial charge in [-0.05, 0) is 19.1 Å². The first-order valence-corrected chi connectivity index (χ1v) is 5.79. The molecule has 0 saturated heterocycles. The SMILES string of the molecule is CC#CC1(O)c2ccccc2Oc2ccccc21. The number of fused-ring (bicyclic) bond motifs is 2. The topological polar surface area (TPSA) is 29.5 Å². The lowest BCUT2D eigenvalue weighted by Crippen LogP contribution is -2.29. The summed E-state index contributed by atoms with van der Waals surface area (Å²) in [6.07, 6.45) is 0. The molecule has 2 nitrogen and oxygen atoms in total. The van der Waals surface area contributed by atoms with E-state index in [-0.39, 0.29) is 0 Å². The molecule has 18 heavy (non-hydrogen) atoms. The van der Waals surface area contributed by atoms with Crippen LogP contribution in [0.25, 0.3) is 0 Å². The van der Waals surface area contributed by atoms with Gasteiger partial charge in [-0.2, -0.15) is 0 Å². The summed E-state index contributed by atoms with van der Waals surface area (Å²) in [7, 11) is 0. The Kier molecular flexibility index (Phi) is 2.36. The van der Waals surface area contributed by atoms with E-state index in [4.69, 9.17) is 4.74 Å². The van der Waals surface area contributed by atoms with Crippen LogP contribution in [0, 0.1) is 11.8 Å². The Morgan fingerprint density at radius 1 is 0.944 bits per heavy atom. The van der Waals surface area contributed by atoms with Crippen LogP contribution < -0.4 is 4.74 Å². The number of para-hydroxylation sites is 2. The van der Waals surface area contributed by atoms with E-state index in [2.05, 4.69) is 11.8 Å². The summed E-state index contributed by atoms with van der Waals surface area (Å²) in [4.78, 5) is 0. The zero-order chi connectivity index (χ0) is 12.6. The van der Waals surface area contributed by atoms with Crippen LogP contribution in [0.5, 0.6) is 11.5 Å². The van der Waals surface area contributed by atoms with E-state index in [9.17, 15) is 5.11 Å². The van der Waals surface area contributed by atoms with Crippen molar-refractivity contribution >= 4 is 0 Å². The second-order valence-corrected chi connectivity index (χ2v) is 4.18. The second kappa shape index (κ2) is 3.90. The monoisotopic (exact) mass is 236 g/mol. The quantitative estimate of drug-likeness (QED) is 0.712. The Hall–Kier alpha value is -2.24. The summed E-state index contributed by atoms with van der Waals surface area (Å²) in [5.41, 5.74) is 0.0938. The summed E-state index contributed by atoms with van der Waals surface area (Å²) in [6, 6.07) is 14.9. The van der Waals surface area contributed by atoms with E-state index in [1.54, 1.807) is 6.92 Å². The van der Waals surface area contributed by atoms with Crippen LogP contribution in [-0.4, -0.2) is 5.11 Å². The van der Waals surface area contributed by atoms with Crippen LogP contribution in [0.4, 0.5) is 0 Å². The fraction of sp³-hybridized carbons (Fsp3) is 0.125. The molecule has 0 atom stereocenters. The van der Waals surface area contributed by atoms with E-state index in [0.29, 0.717) is 22.6 Å². The van der Waals surface area contributed by atoms with E-state index in [0.717, 1.165) is 0 Å². The first-order chi connectivity index (χ1) is 8.75. The van der Waals surface area contributed by atoms with Crippen molar-refractivity contribution < 1.29 is 9.84 Å². The third kappa shape index (κ3) is 1.42. The molecule has 0 saturated carbocycles. The number of rotatable bonds is 0. The Morgan fingerprint density at radius 3 is 1.94 bits per heavy atom. The van der Waals surface area contributed by atoms with Gasteiger partial charge in [0.05, 0.1) is 0 Å². The minimum atomic E-state index is -1.29. The summed E-state index contributed by atoms with van der Waals surface area (Å²) in [6.45, 7) is 1.72. The molecule has 0 aromatic heterocycles. The van der Waals surface area contributed by atoms with Crippen molar-refractivity contribution in [2.24, 2.45) is 0 Å². The molecular formula is C16H12O2. The predicted molar refractivity (Wildman–Crippen MR) is 69.4 cm³/mol. The largest absolute Gasteiger partial charge is 0.456 e. The first kappa shape index (κ1) is 10.9. The Balaban J connectivity index is 2.33. The summed E-state index contributed by atoms with van der Waals surface area (Å²) < 4.78 is 5.79. The van der Waals surface area contributed by atoms with Gasteiger partial charge in [0.1, 0.15) is 11.5 Å². The van der Waals surface area contributed by atoms with Crippen LogP contribution >= 0.6 is 0 Å². The number of benzene rings is 2. The maximum absolute atomic E-state index is 10.9. The minimum Gasteiger partial charge on any atom is -0.456 e. The molecule has 88 valence electrons. The van der Waals surface area contributed by atoms with Gasteiger partial charge in [-0.25, -0.2) is 0 Å². The van der Waals surface area contributed by atoms with E-state index in [1.807, 2.05) is 48.5 Å². The molecule has 0 spiro atoms. The molecule has 2 aromatic rings. The summed E-state index contributed by atoms with van der Waals surface area (Å²) in [5, 5.41) is 10.9. The number of hydrogen-bond acceptors (Lipinski definition) is 2. The molecule has 1 N–H and O–H groups in total. The third-order valence-electron chi connectivity index (χ3n) is 3.08. The first-order valence-electron chi connectivity index (χ1n) is 5.79. The van der Waals surface area contributed by atoms with Crippen LogP contribution in [0.3, 0.4) is 0 Å². The normalized spacial score (nSPS) is 14.6. The molecular weight excluding hydrogens is 224 g/mol. The van der Waals surface area contributed by atoms with Crippen molar-refractivity contribution in [3.8, 4) is 23.3 Å². The lowest BCUT2D eigenvalue weighted by atomic mass is 9.84. The zero-order valence-electron chi connectivity index (χ0n) is 9.97. The molecule has 2 heteroatoms. The van der Waals surface area contributed by atoms with Crippen molar-refractivity contribution in [2.45, 2.75) is 12.5 Å². The highest BCUT2D eigenvalue weighted by Gasteiger charge is 2.38. The maximum Gasteiger partial charge on any atom is 0.184 e. The standard InChI is InChI=1S/C16H12O2/c1-2-11-16(17)12-7-3-5-9-14(12)18-15-10-6-4-8-13(15)16/h3-10,17H,1H3. The van der Waals surface area contributed by atoms with Crippen LogP contribution in [0.1, 0.15) is 18.1 Å². The lowest BCUT2D eigenvalue weighted by molar-refractivity contribution is 0.131. The van der Waals surface area contributed by atoms with E-state index >= 15 is 0 Å². The van der Waals surface area contributed by atoms with Gasteiger partial charge >= 0.3 is 0 Å². The smallest absolute Gasteiger partial charge is 0.184 e. The molecule has 0 radical (unpaired) electrons. The predicted octanol–water partition coefficient (Wildman–Crippen LogP) is 3.05. The molecule has 0 unspecified atom stereocenters. The fourth-order valence-electron chi connectivity index (χ4n) is 2.29. The molecule has 0 bridgehead atoms. The van der Waals surface area contributed by atoms with Crippen molar-refractivity contribution in [1.82, 2.24) is 0 Å². The lowest BCUT2D eigenvalue weighted by Gasteiger charge is -2.31. The molecule has 0 fully saturated rings. The van der Waals surface area contributed by atoms with Crippen molar-refractivity contribution in [3.05, 3.63) is 59.7 Å². The van der Waals surface area contributed by atoms with E-state index in [1.165, 1.54) is 0 Å². The molecule has 3 rings (SSSR count). The zero-order valence-corrected chi connectivity index (χ0v) is 9.97. The van der Waals surface area contributed by atoms with Gasteiger partial charge in [-0.15, -0.1) is 5.92 Å². The summed E-state index contributed by atoms with van der Waals surface area (Å²) >= 11 is 0. The molecule has 0 aliphatic carbocycles. The van der Waals surface area contributed by atoms with Gasteiger partial charge in [0, 0.05) is 11.1 Å². The fourth-order valence-corrected chi connectivity index (χ4v) is 2.29. The van der Waals surface area contributed by atoms with Gasteiger partial charge in [-0.1, -0.05) is 42.3 Å². The van der Waals surface area contributed by atoms with Gasteiger partial charge in [0.15, 0.2) is 5.60 Å². The van der Waals surface area contributed by atoms with Crippen LogP contribution in [-0.2, 0) is 5.60 Å². The second-order valence-electron chi connectivity index (χ2n) is 4.18. The minimum absolute atomic E-state index is 0.654. The van der Waals surface area contributed by atoms with Crippen molar-refractivity contribution in [3.63, 3.8) is 0 Å². The average Bonchev–Trinajstić information content (AvgIpc) is 2.40. The number of hydrogen-bond donors (Lipinski definition) is 1. The van der Waals surface area contributed by atoms with Gasteiger partial charge < -0.3 is 9.84 Å². The Labute approximate surface area is 106 Å². The van der Waals surface area contributed by atoms with Crippen LogP contribution in [0.2, 0.25) is 0 Å². The van der Waals surface area contributed by atoms with Crippen molar-refractivity contribution in [1.29, 1.82) is 0 Å². The van der Waals surface area contributed by atoms with Gasteiger partial charge in [-0.3, -0.25) is 0 Å². The highest BCUT2D eigenvalue weighted by Crippen LogP contribution is 2.45. The summed E-state index contributed by atoms with van der Waals surface area (Å²) in [5.74, 6) is 7.01.